The average Bonchev–Trinajstić information content (AvgIpc) is 2.55. The molecule has 1 N–H and O–H groups in total. The van der Waals surface area contributed by atoms with Gasteiger partial charge in [0.1, 0.15) is 0 Å². The Hall–Kier alpha value is -1.49. The number of thioether (sulfide) groups is 1. The van der Waals surface area contributed by atoms with Gasteiger partial charge in [-0.15, -0.1) is 11.8 Å². The number of fused-ring (bicyclic) bond motifs is 1. The Morgan fingerprint density at radius 2 is 2.26 bits per heavy atom. The van der Waals surface area contributed by atoms with Crippen LogP contribution in [0.4, 0.5) is 5.69 Å². The standard InChI is InChI=1S/C18H24N2O2S/c1-3-5-15-12(2)6-4-9-20(15)18(22)13-7-8-16-14(10-13)19-17(21)11-23-16/h7-8,10,12,15H,3-6,9,11H2,1-2H3,(H,19,21)/t12-,15+/m1/s1. The average molecular weight is 332 g/mol. The Labute approximate surface area is 142 Å². The lowest BCUT2D eigenvalue weighted by Crippen LogP contribution is -2.47. The van der Waals surface area contributed by atoms with E-state index in [-0.39, 0.29) is 11.8 Å². The summed E-state index contributed by atoms with van der Waals surface area (Å²) >= 11 is 1.52. The van der Waals surface area contributed by atoms with E-state index in [1.807, 2.05) is 18.2 Å². The molecule has 0 unspecified atom stereocenters. The van der Waals surface area contributed by atoms with Crippen molar-refractivity contribution < 1.29 is 9.59 Å². The maximum atomic E-state index is 13.0. The van der Waals surface area contributed by atoms with Crippen LogP contribution in [0.5, 0.6) is 0 Å². The zero-order valence-corrected chi connectivity index (χ0v) is 14.6. The lowest BCUT2D eigenvalue weighted by atomic mass is 9.87. The zero-order valence-electron chi connectivity index (χ0n) is 13.8. The number of carbonyl (C=O) groups is 2. The van der Waals surface area contributed by atoms with Crippen LogP contribution in [0, 0.1) is 5.92 Å². The monoisotopic (exact) mass is 332 g/mol. The van der Waals surface area contributed by atoms with E-state index in [1.54, 1.807) is 0 Å². The molecular weight excluding hydrogens is 308 g/mol. The number of benzene rings is 1. The minimum atomic E-state index is 0.00236. The van der Waals surface area contributed by atoms with Crippen LogP contribution in [0.3, 0.4) is 0 Å². The number of hydrogen-bond donors (Lipinski definition) is 1. The summed E-state index contributed by atoms with van der Waals surface area (Å²) in [6.07, 6.45) is 4.43. The third-order valence-electron chi connectivity index (χ3n) is 4.82. The molecule has 2 amide bonds. The van der Waals surface area contributed by atoms with Crippen LogP contribution in [0.25, 0.3) is 0 Å². The van der Waals surface area contributed by atoms with Crippen molar-refractivity contribution in [2.75, 3.05) is 17.6 Å². The number of likely N-dealkylation sites (tertiary alicyclic amines) is 1. The van der Waals surface area contributed by atoms with E-state index < -0.39 is 0 Å². The van der Waals surface area contributed by atoms with Crippen molar-refractivity contribution in [1.29, 1.82) is 0 Å². The van der Waals surface area contributed by atoms with Gasteiger partial charge in [-0.05, 0) is 43.4 Å². The Morgan fingerprint density at radius 1 is 1.43 bits per heavy atom. The van der Waals surface area contributed by atoms with E-state index in [9.17, 15) is 9.59 Å². The van der Waals surface area contributed by atoms with Gasteiger partial charge >= 0.3 is 0 Å². The van der Waals surface area contributed by atoms with Crippen LogP contribution in [-0.2, 0) is 4.79 Å². The number of amides is 2. The molecule has 0 spiro atoms. The second-order valence-corrected chi connectivity index (χ2v) is 7.54. The number of piperidine rings is 1. The van der Waals surface area contributed by atoms with Crippen LogP contribution < -0.4 is 5.32 Å². The Morgan fingerprint density at radius 3 is 3.04 bits per heavy atom. The second-order valence-electron chi connectivity index (χ2n) is 6.52. The van der Waals surface area contributed by atoms with E-state index >= 15 is 0 Å². The van der Waals surface area contributed by atoms with Crippen LogP contribution in [0.2, 0.25) is 0 Å². The number of carbonyl (C=O) groups excluding carboxylic acids is 2. The molecule has 124 valence electrons. The first kappa shape index (κ1) is 16.4. The highest BCUT2D eigenvalue weighted by atomic mass is 32.2. The molecular formula is C18H24N2O2S. The van der Waals surface area contributed by atoms with Crippen molar-refractivity contribution in [2.45, 2.75) is 50.5 Å². The van der Waals surface area contributed by atoms with Crippen molar-refractivity contribution in [3.63, 3.8) is 0 Å². The molecule has 1 saturated heterocycles. The molecule has 23 heavy (non-hydrogen) atoms. The minimum Gasteiger partial charge on any atom is -0.335 e. The van der Waals surface area contributed by atoms with E-state index in [0.29, 0.717) is 23.3 Å². The summed E-state index contributed by atoms with van der Waals surface area (Å²) in [6, 6.07) is 6.02. The first-order valence-corrected chi connectivity index (χ1v) is 9.46. The fraction of sp³-hybridized carbons (Fsp3) is 0.556. The van der Waals surface area contributed by atoms with Gasteiger partial charge in [-0.25, -0.2) is 0 Å². The third-order valence-corrected chi connectivity index (χ3v) is 5.89. The van der Waals surface area contributed by atoms with Crippen molar-refractivity contribution >= 4 is 29.3 Å². The quantitative estimate of drug-likeness (QED) is 0.916. The molecule has 2 atom stereocenters. The summed E-state index contributed by atoms with van der Waals surface area (Å²) in [5, 5.41) is 2.87. The molecule has 3 rings (SSSR count). The van der Waals surface area contributed by atoms with Gasteiger partial charge in [0, 0.05) is 23.0 Å². The summed E-state index contributed by atoms with van der Waals surface area (Å²) in [6.45, 7) is 5.27. The van der Waals surface area contributed by atoms with Crippen molar-refractivity contribution in [1.82, 2.24) is 4.90 Å². The molecule has 2 heterocycles. The van der Waals surface area contributed by atoms with Crippen molar-refractivity contribution in [2.24, 2.45) is 5.92 Å². The van der Waals surface area contributed by atoms with E-state index in [1.165, 1.54) is 18.2 Å². The molecule has 0 saturated carbocycles. The number of anilines is 1. The van der Waals surface area contributed by atoms with Gasteiger partial charge in [0.05, 0.1) is 11.4 Å². The molecule has 0 aromatic heterocycles. The van der Waals surface area contributed by atoms with Gasteiger partial charge in [0.25, 0.3) is 5.91 Å². The smallest absolute Gasteiger partial charge is 0.254 e. The van der Waals surface area contributed by atoms with E-state index in [0.717, 1.165) is 36.4 Å². The lowest BCUT2D eigenvalue weighted by molar-refractivity contribution is -0.113. The summed E-state index contributed by atoms with van der Waals surface area (Å²) in [5.74, 6) is 1.10. The summed E-state index contributed by atoms with van der Waals surface area (Å²) in [5.41, 5.74) is 1.45. The van der Waals surface area contributed by atoms with E-state index in [4.69, 9.17) is 0 Å². The predicted molar refractivity (Wildman–Crippen MR) is 93.9 cm³/mol. The topological polar surface area (TPSA) is 49.4 Å². The zero-order chi connectivity index (χ0) is 16.4. The Bertz CT molecular complexity index is 617. The Balaban J connectivity index is 1.84. The molecule has 2 aliphatic rings. The third kappa shape index (κ3) is 3.39. The van der Waals surface area contributed by atoms with Gasteiger partial charge in [0.15, 0.2) is 0 Å². The van der Waals surface area contributed by atoms with E-state index in [2.05, 4.69) is 24.1 Å². The lowest BCUT2D eigenvalue weighted by Gasteiger charge is -2.40. The van der Waals surface area contributed by atoms with Crippen LogP contribution in [-0.4, -0.2) is 35.1 Å². The highest BCUT2D eigenvalue weighted by Crippen LogP contribution is 2.33. The number of rotatable bonds is 3. The molecule has 0 aliphatic carbocycles. The normalized spacial score (nSPS) is 24.1. The van der Waals surface area contributed by atoms with Crippen LogP contribution in [0.15, 0.2) is 23.1 Å². The van der Waals surface area contributed by atoms with Gasteiger partial charge in [-0.2, -0.15) is 0 Å². The largest absolute Gasteiger partial charge is 0.335 e. The first-order chi connectivity index (χ1) is 11.1. The van der Waals surface area contributed by atoms with Crippen molar-refractivity contribution in [3.05, 3.63) is 23.8 Å². The molecule has 5 heteroatoms. The molecule has 1 aromatic rings. The number of hydrogen-bond acceptors (Lipinski definition) is 3. The highest BCUT2D eigenvalue weighted by molar-refractivity contribution is 8.00. The molecule has 4 nitrogen and oxygen atoms in total. The van der Waals surface area contributed by atoms with Gasteiger partial charge in [-0.3, -0.25) is 9.59 Å². The highest BCUT2D eigenvalue weighted by Gasteiger charge is 2.32. The van der Waals surface area contributed by atoms with Gasteiger partial charge < -0.3 is 10.2 Å². The van der Waals surface area contributed by atoms with Gasteiger partial charge in [0.2, 0.25) is 5.91 Å². The maximum absolute atomic E-state index is 13.0. The molecule has 0 radical (unpaired) electrons. The Kier molecular flexibility index (Phi) is 4.95. The van der Waals surface area contributed by atoms with Crippen molar-refractivity contribution in [3.8, 4) is 0 Å². The number of nitrogens with one attached hydrogen (secondary N) is 1. The maximum Gasteiger partial charge on any atom is 0.254 e. The van der Waals surface area contributed by atoms with Gasteiger partial charge in [-0.1, -0.05) is 20.3 Å². The SMILES string of the molecule is CCC[C@H]1[C@H](C)CCCN1C(=O)c1ccc2c(c1)NC(=O)CS2. The molecule has 1 aromatic carbocycles. The summed E-state index contributed by atoms with van der Waals surface area (Å²) in [7, 11) is 0. The minimum absolute atomic E-state index is 0.00236. The summed E-state index contributed by atoms with van der Waals surface area (Å²) < 4.78 is 0. The molecule has 2 aliphatic heterocycles. The van der Waals surface area contributed by atoms with Crippen LogP contribution >= 0.6 is 11.8 Å². The first-order valence-electron chi connectivity index (χ1n) is 8.47. The molecule has 0 bridgehead atoms. The van der Waals surface area contributed by atoms with Crippen LogP contribution in [0.1, 0.15) is 49.9 Å². The fourth-order valence-electron chi connectivity index (χ4n) is 3.62. The molecule has 1 fully saturated rings. The predicted octanol–water partition coefficient (Wildman–Crippen LogP) is 3.77. The number of nitrogens with zero attached hydrogens (tertiary/aromatic N) is 1. The fourth-order valence-corrected chi connectivity index (χ4v) is 4.41. The second kappa shape index (κ2) is 6.95. The summed E-state index contributed by atoms with van der Waals surface area (Å²) in [4.78, 5) is 27.7.